The average Bonchev–Trinajstić information content (AvgIpc) is 2.46. The molecule has 0 aromatic rings. The van der Waals surface area contributed by atoms with Gasteiger partial charge in [-0.1, -0.05) is 33.6 Å². The maximum Gasteiger partial charge on any atom is 0.226 e. The van der Waals surface area contributed by atoms with Gasteiger partial charge in [-0.2, -0.15) is 0 Å². The standard InChI is InChI=1S/C18H34N2O/c1-5-19-14-9-11-15(12-10-14)20(4)17(21)16-8-6-7-13-18(16,2)3/h14-16,19H,5-13H2,1-4H3. The van der Waals surface area contributed by atoms with Crippen LogP contribution in [0.4, 0.5) is 0 Å². The van der Waals surface area contributed by atoms with Crippen LogP contribution in [0.15, 0.2) is 0 Å². The molecule has 122 valence electrons. The monoisotopic (exact) mass is 294 g/mol. The van der Waals surface area contributed by atoms with E-state index in [1.807, 2.05) is 7.05 Å². The Morgan fingerprint density at radius 3 is 2.38 bits per heavy atom. The van der Waals surface area contributed by atoms with E-state index >= 15 is 0 Å². The normalized spacial score (nSPS) is 32.7. The Kier molecular flexibility index (Phi) is 5.70. The minimum absolute atomic E-state index is 0.185. The predicted octanol–water partition coefficient (Wildman–Crippen LogP) is 3.58. The van der Waals surface area contributed by atoms with E-state index in [4.69, 9.17) is 0 Å². The second-order valence-electron chi connectivity index (χ2n) is 7.80. The largest absolute Gasteiger partial charge is 0.343 e. The summed E-state index contributed by atoms with van der Waals surface area (Å²) in [5.41, 5.74) is 0.185. The third-order valence-corrected chi connectivity index (χ3v) is 5.89. The Labute approximate surface area is 130 Å². The molecule has 0 aromatic heterocycles. The topological polar surface area (TPSA) is 32.3 Å². The van der Waals surface area contributed by atoms with Crippen LogP contribution in [0.2, 0.25) is 0 Å². The number of carbonyl (C=O) groups is 1. The predicted molar refractivity (Wildman–Crippen MR) is 88.2 cm³/mol. The number of hydrogen-bond donors (Lipinski definition) is 1. The zero-order chi connectivity index (χ0) is 15.5. The molecule has 1 N–H and O–H groups in total. The third-order valence-electron chi connectivity index (χ3n) is 5.89. The molecule has 0 bridgehead atoms. The highest BCUT2D eigenvalue weighted by Gasteiger charge is 2.40. The molecule has 1 amide bonds. The quantitative estimate of drug-likeness (QED) is 0.859. The van der Waals surface area contributed by atoms with Crippen LogP contribution in [0, 0.1) is 11.3 Å². The highest BCUT2D eigenvalue weighted by Crippen LogP contribution is 2.42. The van der Waals surface area contributed by atoms with Gasteiger partial charge in [0, 0.05) is 25.0 Å². The molecule has 0 saturated heterocycles. The fourth-order valence-corrected chi connectivity index (χ4v) is 4.33. The lowest BCUT2D eigenvalue weighted by atomic mass is 9.68. The number of hydrogen-bond acceptors (Lipinski definition) is 2. The van der Waals surface area contributed by atoms with Gasteiger partial charge in [-0.3, -0.25) is 4.79 Å². The van der Waals surface area contributed by atoms with Crippen LogP contribution >= 0.6 is 0 Å². The summed E-state index contributed by atoms with van der Waals surface area (Å²) >= 11 is 0. The van der Waals surface area contributed by atoms with Gasteiger partial charge in [0.05, 0.1) is 0 Å². The van der Waals surface area contributed by atoms with Crippen LogP contribution in [0.25, 0.3) is 0 Å². The van der Waals surface area contributed by atoms with Gasteiger partial charge in [0.2, 0.25) is 5.91 Å². The van der Waals surface area contributed by atoms with E-state index in [9.17, 15) is 4.79 Å². The molecule has 2 fully saturated rings. The van der Waals surface area contributed by atoms with Crippen molar-refractivity contribution in [3.8, 4) is 0 Å². The first kappa shape index (κ1) is 16.8. The summed E-state index contributed by atoms with van der Waals surface area (Å²) in [6.45, 7) is 7.79. The van der Waals surface area contributed by atoms with Gasteiger partial charge < -0.3 is 10.2 Å². The summed E-state index contributed by atoms with van der Waals surface area (Å²) in [7, 11) is 2.05. The van der Waals surface area contributed by atoms with Crippen molar-refractivity contribution in [2.45, 2.75) is 84.2 Å². The van der Waals surface area contributed by atoms with E-state index in [1.54, 1.807) is 0 Å². The Balaban J connectivity index is 1.90. The number of amides is 1. The fourth-order valence-electron chi connectivity index (χ4n) is 4.33. The molecular formula is C18H34N2O. The fraction of sp³-hybridized carbons (Fsp3) is 0.944. The van der Waals surface area contributed by atoms with Crippen LogP contribution in [0.5, 0.6) is 0 Å². The van der Waals surface area contributed by atoms with E-state index in [2.05, 4.69) is 31.0 Å². The van der Waals surface area contributed by atoms with Crippen molar-refractivity contribution in [2.24, 2.45) is 11.3 Å². The van der Waals surface area contributed by atoms with Crippen molar-refractivity contribution < 1.29 is 4.79 Å². The molecule has 3 heteroatoms. The Morgan fingerprint density at radius 1 is 1.14 bits per heavy atom. The average molecular weight is 294 g/mol. The second-order valence-corrected chi connectivity index (χ2v) is 7.80. The highest BCUT2D eigenvalue weighted by molar-refractivity contribution is 5.79. The molecule has 0 aliphatic heterocycles. The zero-order valence-electron chi connectivity index (χ0n) is 14.5. The minimum atomic E-state index is 0.185. The van der Waals surface area contributed by atoms with E-state index in [0.717, 1.165) is 25.8 Å². The van der Waals surface area contributed by atoms with Crippen LogP contribution in [0.3, 0.4) is 0 Å². The van der Waals surface area contributed by atoms with Crippen molar-refractivity contribution in [3.05, 3.63) is 0 Å². The molecule has 1 unspecified atom stereocenters. The van der Waals surface area contributed by atoms with E-state index in [1.165, 1.54) is 32.1 Å². The summed E-state index contributed by atoms with van der Waals surface area (Å²) in [6.07, 6.45) is 9.54. The summed E-state index contributed by atoms with van der Waals surface area (Å²) < 4.78 is 0. The van der Waals surface area contributed by atoms with Gasteiger partial charge in [0.1, 0.15) is 0 Å². The van der Waals surface area contributed by atoms with Gasteiger partial charge in [-0.25, -0.2) is 0 Å². The lowest BCUT2D eigenvalue weighted by Gasteiger charge is -2.42. The molecule has 21 heavy (non-hydrogen) atoms. The van der Waals surface area contributed by atoms with Gasteiger partial charge in [0.25, 0.3) is 0 Å². The highest BCUT2D eigenvalue weighted by atomic mass is 16.2. The second kappa shape index (κ2) is 7.13. The summed E-state index contributed by atoms with van der Waals surface area (Å²) in [6, 6.07) is 1.13. The molecule has 3 nitrogen and oxygen atoms in total. The van der Waals surface area contributed by atoms with Crippen LogP contribution in [-0.2, 0) is 4.79 Å². The van der Waals surface area contributed by atoms with E-state index in [0.29, 0.717) is 18.0 Å². The molecule has 0 radical (unpaired) electrons. The molecule has 2 rings (SSSR count). The Morgan fingerprint density at radius 2 is 1.81 bits per heavy atom. The minimum Gasteiger partial charge on any atom is -0.343 e. The van der Waals surface area contributed by atoms with Gasteiger partial charge in [-0.15, -0.1) is 0 Å². The lowest BCUT2D eigenvalue weighted by Crippen LogP contribution is -2.48. The molecule has 0 heterocycles. The van der Waals surface area contributed by atoms with Crippen LogP contribution < -0.4 is 5.32 Å². The van der Waals surface area contributed by atoms with Gasteiger partial charge in [0.15, 0.2) is 0 Å². The SMILES string of the molecule is CCNC1CCC(N(C)C(=O)C2CCCCC2(C)C)CC1. The van der Waals surface area contributed by atoms with Crippen LogP contribution in [0.1, 0.15) is 72.1 Å². The van der Waals surface area contributed by atoms with Crippen LogP contribution in [-0.4, -0.2) is 36.5 Å². The molecule has 0 aromatic carbocycles. The number of carbonyl (C=O) groups excluding carboxylic acids is 1. The third kappa shape index (κ3) is 4.00. The Bertz CT molecular complexity index is 345. The lowest BCUT2D eigenvalue weighted by molar-refractivity contribution is -0.142. The summed E-state index contributed by atoms with van der Waals surface area (Å²) in [5, 5.41) is 3.55. The molecule has 2 aliphatic carbocycles. The molecule has 2 saturated carbocycles. The number of nitrogens with one attached hydrogen (secondary N) is 1. The Hall–Kier alpha value is -0.570. The van der Waals surface area contributed by atoms with Crippen molar-refractivity contribution in [3.63, 3.8) is 0 Å². The van der Waals surface area contributed by atoms with E-state index < -0.39 is 0 Å². The van der Waals surface area contributed by atoms with Crippen molar-refractivity contribution in [2.75, 3.05) is 13.6 Å². The van der Waals surface area contributed by atoms with E-state index in [-0.39, 0.29) is 11.3 Å². The van der Waals surface area contributed by atoms with Crippen molar-refractivity contribution in [1.29, 1.82) is 0 Å². The first-order valence-corrected chi connectivity index (χ1v) is 8.95. The maximum absolute atomic E-state index is 12.9. The summed E-state index contributed by atoms with van der Waals surface area (Å²) in [4.78, 5) is 15.0. The van der Waals surface area contributed by atoms with Gasteiger partial charge >= 0.3 is 0 Å². The molecule has 1 atom stereocenters. The first-order chi connectivity index (χ1) is 9.95. The molecular weight excluding hydrogens is 260 g/mol. The number of nitrogens with zero attached hydrogens (tertiary/aromatic N) is 1. The zero-order valence-corrected chi connectivity index (χ0v) is 14.5. The summed E-state index contributed by atoms with van der Waals surface area (Å²) in [5.74, 6) is 0.648. The molecule has 2 aliphatic rings. The molecule has 0 spiro atoms. The smallest absolute Gasteiger partial charge is 0.226 e. The van der Waals surface area contributed by atoms with Gasteiger partial charge in [-0.05, 0) is 50.5 Å². The van der Waals surface area contributed by atoms with Crippen molar-refractivity contribution in [1.82, 2.24) is 10.2 Å². The first-order valence-electron chi connectivity index (χ1n) is 8.95. The van der Waals surface area contributed by atoms with Crippen molar-refractivity contribution >= 4 is 5.91 Å². The maximum atomic E-state index is 12.9. The number of rotatable bonds is 4.